The first kappa shape index (κ1) is 19.1. The van der Waals surface area contributed by atoms with Crippen LogP contribution >= 0.6 is 0 Å². The van der Waals surface area contributed by atoms with Crippen molar-refractivity contribution in [1.82, 2.24) is 5.32 Å². The smallest absolute Gasteiger partial charge is 0.391 e. The number of benzene rings is 1. The molecular weight excluding hydrogens is 339 g/mol. The quantitative estimate of drug-likeness (QED) is 0.819. The summed E-state index contributed by atoms with van der Waals surface area (Å²) in [6.07, 6.45) is -3.87. The van der Waals surface area contributed by atoms with E-state index in [9.17, 15) is 22.8 Å². The lowest BCUT2D eigenvalue weighted by Gasteiger charge is -2.30. The molecule has 8 heteroatoms. The Labute approximate surface area is 143 Å². The number of carbonyl (C=O) groups excluding carboxylic acids is 1. The third-order valence-corrected chi connectivity index (χ3v) is 4.57. The lowest BCUT2D eigenvalue weighted by Crippen LogP contribution is -2.51. The van der Waals surface area contributed by atoms with Gasteiger partial charge in [-0.15, -0.1) is 0 Å². The molecule has 0 spiro atoms. The van der Waals surface area contributed by atoms with Gasteiger partial charge in [-0.2, -0.15) is 13.2 Å². The van der Waals surface area contributed by atoms with Gasteiger partial charge in [-0.1, -0.05) is 25.0 Å². The molecule has 1 fully saturated rings. The van der Waals surface area contributed by atoms with Crippen LogP contribution in [0.25, 0.3) is 0 Å². The monoisotopic (exact) mass is 359 g/mol. The Morgan fingerprint density at radius 2 is 1.80 bits per heavy atom. The largest absolute Gasteiger partial charge is 0.497 e. The molecule has 1 atom stereocenters. The Morgan fingerprint density at radius 1 is 1.24 bits per heavy atom. The first-order valence-corrected chi connectivity index (χ1v) is 7.93. The van der Waals surface area contributed by atoms with Crippen molar-refractivity contribution in [3.63, 3.8) is 0 Å². The van der Waals surface area contributed by atoms with Crippen LogP contribution in [0.15, 0.2) is 24.3 Å². The highest BCUT2D eigenvalue weighted by atomic mass is 19.4. The van der Waals surface area contributed by atoms with Gasteiger partial charge in [0.2, 0.25) is 5.91 Å². The third kappa shape index (κ3) is 4.43. The Hall–Kier alpha value is -2.25. The van der Waals surface area contributed by atoms with Crippen LogP contribution in [-0.4, -0.2) is 36.3 Å². The molecule has 2 rings (SSSR count). The summed E-state index contributed by atoms with van der Waals surface area (Å²) in [4.78, 5) is 23.9. The molecule has 1 aromatic rings. The van der Waals surface area contributed by atoms with Gasteiger partial charge < -0.3 is 15.2 Å². The standard InChI is InChI=1S/C17H20F3NO4/c1-25-12-6-4-11(5-7-12)16(8-2-3-9-16)15(24)21-13(14(22)23)10-17(18,19)20/h4-7,13H,2-3,8-10H2,1H3,(H,21,24)(H,22,23). The highest BCUT2D eigenvalue weighted by molar-refractivity contribution is 5.91. The zero-order valence-corrected chi connectivity index (χ0v) is 13.7. The number of aliphatic carboxylic acids is 1. The number of carbonyl (C=O) groups is 2. The molecular formula is C17H20F3NO4. The predicted molar refractivity (Wildman–Crippen MR) is 83.4 cm³/mol. The highest BCUT2D eigenvalue weighted by Gasteiger charge is 2.45. The summed E-state index contributed by atoms with van der Waals surface area (Å²) in [6, 6.07) is 4.75. The fourth-order valence-corrected chi connectivity index (χ4v) is 3.26. The lowest BCUT2D eigenvalue weighted by molar-refractivity contribution is -0.160. The summed E-state index contributed by atoms with van der Waals surface area (Å²) in [7, 11) is 1.50. The summed E-state index contributed by atoms with van der Waals surface area (Å²) in [5.74, 6) is -1.78. The minimum atomic E-state index is -4.68. The van der Waals surface area contributed by atoms with Crippen molar-refractivity contribution in [2.75, 3.05) is 7.11 Å². The Kier molecular flexibility index (Phi) is 5.59. The minimum absolute atomic E-state index is 0.462. The molecule has 1 aliphatic rings. The van der Waals surface area contributed by atoms with Gasteiger partial charge in [-0.25, -0.2) is 4.79 Å². The number of ether oxygens (including phenoxy) is 1. The molecule has 0 saturated heterocycles. The van der Waals surface area contributed by atoms with E-state index in [1.807, 2.05) is 0 Å². The number of carboxylic acid groups (broad SMARTS) is 1. The number of hydrogen-bond acceptors (Lipinski definition) is 3. The van der Waals surface area contributed by atoms with E-state index < -0.39 is 35.9 Å². The van der Waals surface area contributed by atoms with Gasteiger partial charge in [0.15, 0.2) is 0 Å². The second kappa shape index (κ2) is 7.33. The maximum Gasteiger partial charge on any atom is 0.391 e. The van der Waals surface area contributed by atoms with Crippen molar-refractivity contribution in [2.24, 2.45) is 0 Å². The summed E-state index contributed by atoms with van der Waals surface area (Å²) < 4.78 is 42.8. The number of alkyl halides is 3. The van der Waals surface area contributed by atoms with Gasteiger partial charge in [0, 0.05) is 0 Å². The van der Waals surface area contributed by atoms with Gasteiger partial charge in [0.25, 0.3) is 0 Å². The van der Waals surface area contributed by atoms with E-state index in [0.717, 1.165) is 12.8 Å². The second-order valence-electron chi connectivity index (χ2n) is 6.20. The average Bonchev–Trinajstić information content (AvgIpc) is 3.04. The molecule has 1 aliphatic carbocycles. The van der Waals surface area contributed by atoms with E-state index in [4.69, 9.17) is 9.84 Å². The topological polar surface area (TPSA) is 75.6 Å². The van der Waals surface area contributed by atoms with Crippen LogP contribution in [0.3, 0.4) is 0 Å². The average molecular weight is 359 g/mol. The molecule has 1 unspecified atom stereocenters. The van der Waals surface area contributed by atoms with Crippen LogP contribution in [0.2, 0.25) is 0 Å². The maximum absolute atomic E-state index is 12.7. The van der Waals surface area contributed by atoms with Crippen molar-refractivity contribution in [3.8, 4) is 5.75 Å². The van der Waals surface area contributed by atoms with E-state index in [1.165, 1.54) is 7.11 Å². The number of nitrogens with one attached hydrogen (secondary N) is 1. The zero-order chi connectivity index (χ0) is 18.7. The van der Waals surface area contributed by atoms with Gasteiger partial charge in [0.1, 0.15) is 11.8 Å². The SMILES string of the molecule is COc1ccc(C2(C(=O)NC(CC(F)(F)F)C(=O)O)CCCC2)cc1. The lowest BCUT2D eigenvalue weighted by atomic mass is 9.77. The Morgan fingerprint density at radius 3 is 2.24 bits per heavy atom. The van der Waals surface area contributed by atoms with E-state index in [1.54, 1.807) is 24.3 Å². The van der Waals surface area contributed by atoms with Gasteiger partial charge in [0.05, 0.1) is 18.9 Å². The molecule has 1 saturated carbocycles. The number of hydrogen-bond donors (Lipinski definition) is 2. The molecule has 25 heavy (non-hydrogen) atoms. The van der Waals surface area contributed by atoms with Crippen LogP contribution < -0.4 is 10.1 Å². The fourth-order valence-electron chi connectivity index (χ4n) is 3.26. The van der Waals surface area contributed by atoms with Crippen molar-refractivity contribution in [1.29, 1.82) is 0 Å². The third-order valence-electron chi connectivity index (χ3n) is 4.57. The molecule has 1 aromatic carbocycles. The van der Waals surface area contributed by atoms with Crippen molar-refractivity contribution in [3.05, 3.63) is 29.8 Å². The summed E-state index contributed by atoms with van der Waals surface area (Å²) in [6.45, 7) is 0. The molecule has 0 radical (unpaired) electrons. The summed E-state index contributed by atoms with van der Waals surface area (Å²) in [5.41, 5.74) is -0.356. The Bertz CT molecular complexity index is 622. The van der Waals surface area contributed by atoms with Crippen LogP contribution in [0.5, 0.6) is 5.75 Å². The Balaban J connectivity index is 2.26. The maximum atomic E-state index is 12.7. The van der Waals surface area contributed by atoms with Gasteiger partial charge >= 0.3 is 12.1 Å². The molecule has 0 heterocycles. The number of halogens is 3. The number of rotatable bonds is 6. The fraction of sp³-hybridized carbons (Fsp3) is 0.529. The summed E-state index contributed by atoms with van der Waals surface area (Å²) >= 11 is 0. The molecule has 0 aliphatic heterocycles. The van der Waals surface area contributed by atoms with Crippen molar-refractivity contribution < 1.29 is 32.6 Å². The first-order valence-electron chi connectivity index (χ1n) is 7.93. The molecule has 1 amide bonds. The van der Waals surface area contributed by atoms with E-state index >= 15 is 0 Å². The van der Waals surface area contributed by atoms with Crippen LogP contribution in [0.4, 0.5) is 13.2 Å². The molecule has 0 aromatic heterocycles. The van der Waals surface area contributed by atoms with E-state index in [-0.39, 0.29) is 0 Å². The van der Waals surface area contributed by atoms with Crippen LogP contribution in [0, 0.1) is 0 Å². The van der Waals surface area contributed by atoms with Crippen LogP contribution in [0.1, 0.15) is 37.7 Å². The number of methoxy groups -OCH3 is 1. The molecule has 0 bridgehead atoms. The van der Waals surface area contributed by atoms with Crippen molar-refractivity contribution >= 4 is 11.9 Å². The van der Waals surface area contributed by atoms with E-state index in [2.05, 4.69) is 5.32 Å². The van der Waals surface area contributed by atoms with Gasteiger partial charge in [-0.3, -0.25) is 4.79 Å². The van der Waals surface area contributed by atoms with E-state index in [0.29, 0.717) is 24.2 Å². The minimum Gasteiger partial charge on any atom is -0.497 e. The first-order chi connectivity index (χ1) is 11.7. The highest BCUT2D eigenvalue weighted by Crippen LogP contribution is 2.42. The predicted octanol–water partition coefficient (Wildman–Crippen LogP) is 3.03. The molecule has 138 valence electrons. The van der Waals surface area contributed by atoms with Crippen molar-refractivity contribution in [2.45, 2.75) is 49.7 Å². The molecule has 5 nitrogen and oxygen atoms in total. The number of amides is 1. The normalized spacial score (nSPS) is 17.8. The second-order valence-corrected chi connectivity index (χ2v) is 6.20. The van der Waals surface area contributed by atoms with Gasteiger partial charge in [-0.05, 0) is 30.5 Å². The zero-order valence-electron chi connectivity index (χ0n) is 13.7. The molecule has 2 N–H and O–H groups in total. The summed E-state index contributed by atoms with van der Waals surface area (Å²) in [5, 5.41) is 11.1. The number of carboxylic acids is 1. The van der Waals surface area contributed by atoms with Crippen LogP contribution in [-0.2, 0) is 15.0 Å².